The summed E-state index contributed by atoms with van der Waals surface area (Å²) in [6, 6.07) is 2.02. The van der Waals surface area contributed by atoms with Gasteiger partial charge in [0.15, 0.2) is 0 Å². The lowest BCUT2D eigenvalue weighted by Gasteiger charge is -2.40. The van der Waals surface area contributed by atoms with Crippen molar-refractivity contribution < 1.29 is 9.90 Å². The second-order valence-corrected chi connectivity index (χ2v) is 6.53. The Morgan fingerprint density at radius 3 is 2.83 bits per heavy atom. The van der Waals surface area contributed by atoms with Crippen molar-refractivity contribution in [3.8, 4) is 0 Å². The second-order valence-electron chi connectivity index (χ2n) is 5.63. The zero-order valence-electron chi connectivity index (χ0n) is 12.3. The Kier molecular flexibility index (Phi) is 3.26. The van der Waals surface area contributed by atoms with Gasteiger partial charge in [-0.2, -0.15) is 0 Å². The second kappa shape index (κ2) is 5.31. The van der Waals surface area contributed by atoms with Crippen LogP contribution in [-0.2, 0) is 10.3 Å². The van der Waals surface area contributed by atoms with Gasteiger partial charge in [0.2, 0.25) is 0 Å². The maximum absolute atomic E-state index is 11.9. The molecule has 1 N–H and O–H groups in total. The fourth-order valence-electron chi connectivity index (χ4n) is 3.21. The minimum absolute atomic E-state index is 0.508. The van der Waals surface area contributed by atoms with Crippen LogP contribution in [0.1, 0.15) is 12.8 Å². The van der Waals surface area contributed by atoms with E-state index in [0.29, 0.717) is 25.9 Å². The number of imidazole rings is 1. The minimum atomic E-state index is -0.923. The molecule has 3 aromatic rings. The zero-order chi connectivity index (χ0) is 15.9. The summed E-state index contributed by atoms with van der Waals surface area (Å²) in [4.78, 5) is 27.7. The van der Waals surface area contributed by atoms with Crippen LogP contribution in [-0.4, -0.2) is 43.7 Å². The van der Waals surface area contributed by atoms with Gasteiger partial charge in [-0.25, -0.2) is 19.7 Å². The smallest absolute Gasteiger partial charge is 0.330 e. The van der Waals surface area contributed by atoms with E-state index >= 15 is 0 Å². The highest BCUT2D eigenvalue weighted by molar-refractivity contribution is 7.16. The predicted molar refractivity (Wildman–Crippen MR) is 86.7 cm³/mol. The third-order valence-electron chi connectivity index (χ3n) is 4.53. The van der Waals surface area contributed by atoms with Crippen LogP contribution in [0.3, 0.4) is 0 Å². The quantitative estimate of drug-likeness (QED) is 0.791. The summed E-state index contributed by atoms with van der Waals surface area (Å²) < 4.78 is 1.72. The van der Waals surface area contributed by atoms with Crippen molar-refractivity contribution in [2.75, 3.05) is 18.0 Å². The lowest BCUT2D eigenvalue weighted by Crippen LogP contribution is -2.51. The van der Waals surface area contributed by atoms with Gasteiger partial charge in [0.1, 0.15) is 22.5 Å². The van der Waals surface area contributed by atoms with Gasteiger partial charge in [0.05, 0.1) is 11.7 Å². The largest absolute Gasteiger partial charge is 0.479 e. The molecule has 0 bridgehead atoms. The molecule has 4 rings (SSSR count). The summed E-state index contributed by atoms with van der Waals surface area (Å²) in [5, 5.41) is 12.8. The number of nitrogens with zero attached hydrogens (tertiary/aromatic N) is 5. The topological polar surface area (TPSA) is 84.1 Å². The fourth-order valence-corrected chi connectivity index (χ4v) is 3.94. The summed E-state index contributed by atoms with van der Waals surface area (Å²) in [6.07, 6.45) is 7.53. The van der Waals surface area contributed by atoms with Crippen LogP contribution in [0, 0.1) is 0 Å². The van der Waals surface area contributed by atoms with E-state index in [2.05, 4.69) is 19.9 Å². The van der Waals surface area contributed by atoms with Crippen molar-refractivity contribution in [3.05, 3.63) is 36.5 Å². The van der Waals surface area contributed by atoms with Gasteiger partial charge in [-0.1, -0.05) is 0 Å². The molecule has 0 aliphatic carbocycles. The van der Waals surface area contributed by atoms with E-state index in [1.807, 2.05) is 11.4 Å². The van der Waals surface area contributed by atoms with Crippen LogP contribution in [0.2, 0.25) is 0 Å². The molecule has 0 aromatic carbocycles. The number of thiophene rings is 1. The normalized spacial score (nSPS) is 17.5. The van der Waals surface area contributed by atoms with Gasteiger partial charge in [0, 0.05) is 25.5 Å². The lowest BCUT2D eigenvalue weighted by molar-refractivity contribution is -0.148. The Labute approximate surface area is 136 Å². The summed E-state index contributed by atoms with van der Waals surface area (Å²) in [7, 11) is 0. The van der Waals surface area contributed by atoms with Gasteiger partial charge in [-0.3, -0.25) is 0 Å². The Morgan fingerprint density at radius 1 is 1.30 bits per heavy atom. The molecule has 118 valence electrons. The first-order valence-electron chi connectivity index (χ1n) is 7.36. The maximum atomic E-state index is 11.9. The molecule has 0 saturated carbocycles. The van der Waals surface area contributed by atoms with Crippen molar-refractivity contribution in [1.82, 2.24) is 19.5 Å². The number of anilines is 1. The first-order valence-corrected chi connectivity index (χ1v) is 8.24. The van der Waals surface area contributed by atoms with Crippen LogP contribution >= 0.6 is 11.3 Å². The number of carbonyl (C=O) groups is 1. The van der Waals surface area contributed by atoms with Gasteiger partial charge >= 0.3 is 5.97 Å². The van der Waals surface area contributed by atoms with Crippen molar-refractivity contribution >= 4 is 33.3 Å². The highest BCUT2D eigenvalue weighted by atomic mass is 32.1. The Morgan fingerprint density at radius 2 is 2.13 bits per heavy atom. The average molecular weight is 329 g/mol. The third kappa shape index (κ3) is 2.17. The van der Waals surface area contributed by atoms with E-state index in [-0.39, 0.29) is 0 Å². The van der Waals surface area contributed by atoms with Crippen molar-refractivity contribution in [2.24, 2.45) is 0 Å². The molecule has 0 radical (unpaired) electrons. The van der Waals surface area contributed by atoms with Gasteiger partial charge in [0.25, 0.3) is 0 Å². The molecule has 1 saturated heterocycles. The summed E-state index contributed by atoms with van der Waals surface area (Å²) in [6.45, 7) is 1.26. The molecule has 3 aromatic heterocycles. The van der Waals surface area contributed by atoms with Gasteiger partial charge in [-0.05, 0) is 24.3 Å². The first-order chi connectivity index (χ1) is 11.2. The fraction of sp³-hybridized carbons (Fsp3) is 0.333. The van der Waals surface area contributed by atoms with Crippen LogP contribution in [0.4, 0.5) is 5.82 Å². The number of aliphatic carboxylic acids is 1. The number of aromatic nitrogens is 4. The van der Waals surface area contributed by atoms with E-state index in [9.17, 15) is 9.90 Å². The summed E-state index contributed by atoms with van der Waals surface area (Å²) in [5.41, 5.74) is -0.923. The van der Waals surface area contributed by atoms with Crippen LogP contribution < -0.4 is 4.90 Å². The number of carboxylic acid groups (broad SMARTS) is 1. The molecule has 1 fully saturated rings. The first kappa shape index (κ1) is 14.1. The Bertz CT molecular complexity index is 837. The van der Waals surface area contributed by atoms with Crippen LogP contribution in [0.15, 0.2) is 36.5 Å². The van der Waals surface area contributed by atoms with E-state index in [1.54, 1.807) is 41.0 Å². The van der Waals surface area contributed by atoms with E-state index < -0.39 is 11.5 Å². The monoisotopic (exact) mass is 329 g/mol. The van der Waals surface area contributed by atoms with Crippen LogP contribution in [0.25, 0.3) is 10.2 Å². The summed E-state index contributed by atoms with van der Waals surface area (Å²) in [5.74, 6) is 0.0828. The Hall–Kier alpha value is -2.48. The lowest BCUT2D eigenvalue weighted by atomic mass is 9.87. The molecule has 0 amide bonds. The molecular formula is C15H15N5O2S. The molecule has 23 heavy (non-hydrogen) atoms. The highest BCUT2D eigenvalue weighted by Crippen LogP contribution is 2.34. The summed E-state index contributed by atoms with van der Waals surface area (Å²) >= 11 is 1.58. The van der Waals surface area contributed by atoms with Crippen molar-refractivity contribution in [1.29, 1.82) is 0 Å². The number of piperidine rings is 1. The van der Waals surface area contributed by atoms with E-state index in [4.69, 9.17) is 0 Å². The molecule has 0 spiro atoms. The molecule has 8 heteroatoms. The molecular weight excluding hydrogens is 314 g/mol. The van der Waals surface area contributed by atoms with E-state index in [1.165, 1.54) is 0 Å². The minimum Gasteiger partial charge on any atom is -0.479 e. The number of hydrogen-bond donors (Lipinski definition) is 1. The standard InChI is InChI=1S/C15H15N5O2S/c21-14(22)15(20-7-4-16-10-20)2-5-19(6-3-15)12-11-1-8-23-13(11)18-9-17-12/h1,4,7-10H,2-3,5-6H2,(H,21,22). The SMILES string of the molecule is O=C(O)C1(n2ccnc2)CCN(c2ncnc3sccc23)CC1. The molecule has 0 atom stereocenters. The predicted octanol–water partition coefficient (Wildman–Crippen LogP) is 1.97. The Balaban J connectivity index is 1.64. The average Bonchev–Trinajstić information content (AvgIpc) is 3.26. The van der Waals surface area contributed by atoms with Gasteiger partial charge < -0.3 is 14.6 Å². The van der Waals surface area contributed by atoms with Crippen LogP contribution in [0.5, 0.6) is 0 Å². The number of carboxylic acids is 1. The molecule has 0 unspecified atom stereocenters. The third-order valence-corrected chi connectivity index (χ3v) is 5.35. The highest BCUT2D eigenvalue weighted by Gasteiger charge is 2.43. The number of fused-ring (bicyclic) bond motifs is 1. The molecule has 1 aliphatic heterocycles. The van der Waals surface area contributed by atoms with E-state index in [0.717, 1.165) is 16.0 Å². The van der Waals surface area contributed by atoms with Crippen molar-refractivity contribution in [2.45, 2.75) is 18.4 Å². The number of hydrogen-bond acceptors (Lipinski definition) is 6. The molecule has 1 aliphatic rings. The van der Waals surface area contributed by atoms with Crippen molar-refractivity contribution in [3.63, 3.8) is 0 Å². The zero-order valence-corrected chi connectivity index (χ0v) is 13.1. The molecule has 4 heterocycles. The van der Waals surface area contributed by atoms with Gasteiger partial charge in [-0.15, -0.1) is 11.3 Å². The maximum Gasteiger partial charge on any atom is 0.330 e. The number of rotatable bonds is 3. The molecule has 7 nitrogen and oxygen atoms in total.